The van der Waals surface area contributed by atoms with Crippen LogP contribution in [0.15, 0.2) is 4.47 Å². The molecule has 0 fully saturated rings. The van der Waals surface area contributed by atoms with Gasteiger partial charge in [-0.05, 0) is 40.6 Å². The molecule has 0 radical (unpaired) electrons. The van der Waals surface area contributed by atoms with Gasteiger partial charge >= 0.3 is 0 Å². The summed E-state index contributed by atoms with van der Waals surface area (Å²) < 4.78 is 3.21. The van der Waals surface area contributed by atoms with Crippen molar-refractivity contribution in [1.29, 1.82) is 0 Å². The number of alkyl halides is 1. The number of halogens is 2. The minimum absolute atomic E-state index is 0.663. The fourth-order valence-corrected chi connectivity index (χ4v) is 3.51. The summed E-state index contributed by atoms with van der Waals surface area (Å²) in [4.78, 5) is 0. The zero-order chi connectivity index (χ0) is 12.3. The maximum absolute atomic E-state index is 4.53. The molecule has 4 heteroatoms. The number of hydrogen-bond acceptors (Lipinski definition) is 1. The Morgan fingerprint density at radius 2 is 2.00 bits per heavy atom. The van der Waals surface area contributed by atoms with Crippen molar-refractivity contribution in [2.24, 2.45) is 18.9 Å². The Morgan fingerprint density at radius 3 is 2.38 bits per heavy atom. The molecule has 1 unspecified atom stereocenters. The molecule has 0 aromatic carbocycles. The average molecular weight is 352 g/mol. The lowest BCUT2D eigenvalue weighted by atomic mass is 9.93. The molecule has 92 valence electrons. The molecule has 16 heavy (non-hydrogen) atoms. The minimum Gasteiger partial charge on any atom is -0.271 e. The van der Waals surface area contributed by atoms with Gasteiger partial charge in [0.25, 0.3) is 0 Å². The molecule has 1 aromatic rings. The topological polar surface area (TPSA) is 17.8 Å². The van der Waals surface area contributed by atoms with Crippen molar-refractivity contribution in [3.05, 3.63) is 15.9 Å². The van der Waals surface area contributed by atoms with Crippen molar-refractivity contribution in [3.63, 3.8) is 0 Å². The standard InChI is InChI=1S/C12H20Br2N2/c1-5-10-12(14)11(16(4)15-10)6-9(7-13)8(2)3/h8-9H,5-7H2,1-4H3. The summed E-state index contributed by atoms with van der Waals surface area (Å²) in [5, 5.41) is 5.58. The number of rotatable bonds is 5. The van der Waals surface area contributed by atoms with E-state index in [0.717, 1.165) is 23.9 Å². The van der Waals surface area contributed by atoms with Crippen LogP contribution in [0, 0.1) is 11.8 Å². The molecule has 0 aliphatic rings. The van der Waals surface area contributed by atoms with Crippen LogP contribution in [-0.4, -0.2) is 15.1 Å². The summed E-state index contributed by atoms with van der Waals surface area (Å²) in [6, 6.07) is 0. The van der Waals surface area contributed by atoms with Crippen molar-refractivity contribution in [1.82, 2.24) is 9.78 Å². The first-order valence-electron chi connectivity index (χ1n) is 5.77. The Labute approximate surface area is 115 Å². The van der Waals surface area contributed by atoms with Gasteiger partial charge in [-0.2, -0.15) is 5.10 Å². The van der Waals surface area contributed by atoms with E-state index in [9.17, 15) is 0 Å². The zero-order valence-electron chi connectivity index (χ0n) is 10.4. The molecule has 1 aromatic heterocycles. The first kappa shape index (κ1) is 14.2. The van der Waals surface area contributed by atoms with Gasteiger partial charge < -0.3 is 0 Å². The molecule has 0 saturated heterocycles. The second kappa shape index (κ2) is 6.20. The maximum Gasteiger partial charge on any atom is 0.0766 e. The van der Waals surface area contributed by atoms with E-state index < -0.39 is 0 Å². The Morgan fingerprint density at radius 1 is 1.38 bits per heavy atom. The van der Waals surface area contributed by atoms with E-state index >= 15 is 0 Å². The van der Waals surface area contributed by atoms with Gasteiger partial charge in [0, 0.05) is 12.4 Å². The van der Waals surface area contributed by atoms with Crippen LogP contribution in [0.2, 0.25) is 0 Å². The highest BCUT2D eigenvalue weighted by atomic mass is 79.9. The molecule has 1 heterocycles. The van der Waals surface area contributed by atoms with Crippen LogP contribution in [0.3, 0.4) is 0 Å². The fraction of sp³-hybridized carbons (Fsp3) is 0.750. The molecular weight excluding hydrogens is 332 g/mol. The highest BCUT2D eigenvalue weighted by Crippen LogP contribution is 2.27. The van der Waals surface area contributed by atoms with Crippen LogP contribution in [0.1, 0.15) is 32.2 Å². The van der Waals surface area contributed by atoms with E-state index in [4.69, 9.17) is 0 Å². The van der Waals surface area contributed by atoms with Crippen molar-refractivity contribution in [2.45, 2.75) is 33.6 Å². The second-order valence-corrected chi connectivity index (χ2v) is 5.99. The van der Waals surface area contributed by atoms with Crippen molar-refractivity contribution >= 4 is 31.9 Å². The van der Waals surface area contributed by atoms with E-state index in [1.54, 1.807) is 0 Å². The summed E-state index contributed by atoms with van der Waals surface area (Å²) in [6.45, 7) is 6.69. The first-order chi connectivity index (χ1) is 7.51. The third-order valence-electron chi connectivity index (χ3n) is 3.10. The number of aromatic nitrogens is 2. The molecule has 0 bridgehead atoms. The summed E-state index contributed by atoms with van der Waals surface area (Å²) in [5.41, 5.74) is 2.48. The van der Waals surface area contributed by atoms with Gasteiger partial charge in [0.05, 0.1) is 15.9 Å². The van der Waals surface area contributed by atoms with Crippen LogP contribution in [0.25, 0.3) is 0 Å². The molecule has 0 N–H and O–H groups in total. The number of aryl methyl sites for hydroxylation is 2. The fourth-order valence-electron chi connectivity index (χ4n) is 1.76. The molecule has 0 aliphatic heterocycles. The molecule has 0 saturated carbocycles. The third-order valence-corrected chi connectivity index (χ3v) is 4.85. The highest BCUT2D eigenvalue weighted by molar-refractivity contribution is 9.10. The molecule has 1 atom stereocenters. The smallest absolute Gasteiger partial charge is 0.0766 e. The normalized spacial score (nSPS) is 13.4. The third kappa shape index (κ3) is 3.10. The van der Waals surface area contributed by atoms with Crippen molar-refractivity contribution in [3.8, 4) is 0 Å². The average Bonchev–Trinajstić information content (AvgIpc) is 2.51. The molecule has 0 aliphatic carbocycles. The van der Waals surface area contributed by atoms with E-state index in [1.807, 2.05) is 11.7 Å². The summed E-state index contributed by atoms with van der Waals surface area (Å²) in [7, 11) is 2.03. The van der Waals surface area contributed by atoms with Crippen LogP contribution in [-0.2, 0) is 19.9 Å². The minimum atomic E-state index is 0.663. The molecule has 0 spiro atoms. The maximum atomic E-state index is 4.53. The largest absolute Gasteiger partial charge is 0.271 e. The Hall–Kier alpha value is 0.170. The Balaban J connectivity index is 2.91. The van der Waals surface area contributed by atoms with E-state index in [-0.39, 0.29) is 0 Å². The van der Waals surface area contributed by atoms with Gasteiger partial charge in [-0.25, -0.2) is 0 Å². The van der Waals surface area contributed by atoms with Crippen LogP contribution in [0.4, 0.5) is 0 Å². The number of hydrogen-bond donors (Lipinski definition) is 0. The molecule has 1 rings (SSSR count). The molecular formula is C12H20Br2N2. The quantitative estimate of drug-likeness (QED) is 0.734. The highest BCUT2D eigenvalue weighted by Gasteiger charge is 2.19. The van der Waals surface area contributed by atoms with Crippen molar-refractivity contribution in [2.75, 3.05) is 5.33 Å². The predicted octanol–water partition coefficient (Wildman–Crippen LogP) is 3.95. The van der Waals surface area contributed by atoms with E-state index in [1.165, 1.54) is 10.2 Å². The Bertz CT molecular complexity index is 345. The lowest BCUT2D eigenvalue weighted by Crippen LogP contribution is -2.15. The van der Waals surface area contributed by atoms with Gasteiger partial charge in [0.15, 0.2) is 0 Å². The molecule has 2 nitrogen and oxygen atoms in total. The van der Waals surface area contributed by atoms with E-state index in [0.29, 0.717) is 11.8 Å². The van der Waals surface area contributed by atoms with Gasteiger partial charge in [0.2, 0.25) is 0 Å². The van der Waals surface area contributed by atoms with E-state index in [2.05, 4.69) is 57.7 Å². The van der Waals surface area contributed by atoms with Crippen LogP contribution < -0.4 is 0 Å². The van der Waals surface area contributed by atoms with Gasteiger partial charge in [-0.1, -0.05) is 36.7 Å². The first-order valence-corrected chi connectivity index (χ1v) is 7.68. The summed E-state index contributed by atoms with van der Waals surface area (Å²) >= 11 is 7.27. The zero-order valence-corrected chi connectivity index (χ0v) is 13.6. The molecule has 0 amide bonds. The number of nitrogens with zero attached hydrogens (tertiary/aromatic N) is 2. The Kier molecular flexibility index (Phi) is 5.51. The summed E-state index contributed by atoms with van der Waals surface area (Å²) in [6.07, 6.45) is 2.06. The second-order valence-electron chi connectivity index (χ2n) is 4.55. The lowest BCUT2D eigenvalue weighted by molar-refractivity contribution is 0.416. The SMILES string of the molecule is CCc1nn(C)c(CC(CBr)C(C)C)c1Br. The monoisotopic (exact) mass is 350 g/mol. The summed E-state index contributed by atoms with van der Waals surface area (Å²) in [5.74, 6) is 1.35. The van der Waals surface area contributed by atoms with Crippen LogP contribution in [0.5, 0.6) is 0 Å². The van der Waals surface area contributed by atoms with Gasteiger partial charge in [0.1, 0.15) is 0 Å². The van der Waals surface area contributed by atoms with Gasteiger partial charge in [-0.15, -0.1) is 0 Å². The predicted molar refractivity (Wildman–Crippen MR) is 76.1 cm³/mol. The van der Waals surface area contributed by atoms with Crippen molar-refractivity contribution < 1.29 is 0 Å². The van der Waals surface area contributed by atoms with Crippen LogP contribution >= 0.6 is 31.9 Å². The lowest BCUT2D eigenvalue weighted by Gasteiger charge is -2.18. The van der Waals surface area contributed by atoms with Gasteiger partial charge in [-0.3, -0.25) is 4.68 Å².